The first-order valence-corrected chi connectivity index (χ1v) is 10.6. The first-order valence-electron chi connectivity index (χ1n) is 10.6. The lowest BCUT2D eigenvalue weighted by atomic mass is 10.1. The fourth-order valence-electron chi connectivity index (χ4n) is 3.61. The molecule has 0 aliphatic rings. The normalized spacial score (nSPS) is 10.8. The van der Waals surface area contributed by atoms with Crippen molar-refractivity contribution in [2.24, 2.45) is 0 Å². The van der Waals surface area contributed by atoms with E-state index in [2.05, 4.69) is 20.5 Å². The number of anilines is 1. The highest BCUT2D eigenvalue weighted by Gasteiger charge is 2.22. The topological polar surface area (TPSA) is 124 Å². The van der Waals surface area contributed by atoms with Crippen molar-refractivity contribution >= 4 is 29.0 Å². The summed E-state index contributed by atoms with van der Waals surface area (Å²) in [6.07, 6.45) is 3.26. The average molecular weight is 453 g/mol. The van der Waals surface area contributed by atoms with Crippen LogP contribution in [0.4, 0.5) is 5.69 Å². The highest BCUT2D eigenvalue weighted by Crippen LogP contribution is 2.19. The summed E-state index contributed by atoms with van der Waals surface area (Å²) >= 11 is 0. The third kappa shape index (κ3) is 4.94. The van der Waals surface area contributed by atoms with Gasteiger partial charge >= 0.3 is 5.97 Å². The average Bonchev–Trinajstić information content (AvgIpc) is 3.06. The molecule has 2 heterocycles. The predicted molar refractivity (Wildman–Crippen MR) is 123 cm³/mol. The maximum atomic E-state index is 13.1. The maximum Gasteiger partial charge on any atom is 0.337 e. The van der Waals surface area contributed by atoms with E-state index < -0.39 is 17.4 Å². The van der Waals surface area contributed by atoms with Gasteiger partial charge in [-0.15, -0.1) is 0 Å². The van der Waals surface area contributed by atoms with Gasteiger partial charge in [-0.1, -0.05) is 13.3 Å². The number of hydrogen-bond donors (Lipinski definition) is 2. The van der Waals surface area contributed by atoms with Crippen molar-refractivity contribution in [3.05, 3.63) is 63.3 Å². The highest BCUT2D eigenvalue weighted by atomic mass is 16.5. The van der Waals surface area contributed by atoms with Crippen molar-refractivity contribution in [2.45, 2.75) is 40.2 Å². The Morgan fingerprint density at radius 1 is 1.12 bits per heavy atom. The third-order valence-corrected chi connectivity index (χ3v) is 5.36. The maximum absolute atomic E-state index is 13.1. The second-order valence-electron chi connectivity index (χ2n) is 7.62. The van der Waals surface area contributed by atoms with E-state index in [1.165, 1.54) is 25.6 Å². The number of fused-ring (bicyclic) bond motifs is 1. The summed E-state index contributed by atoms with van der Waals surface area (Å²) in [6, 6.07) is 6.18. The van der Waals surface area contributed by atoms with Gasteiger partial charge in [-0.05, 0) is 50.1 Å². The summed E-state index contributed by atoms with van der Waals surface area (Å²) in [5.41, 5.74) is 2.25. The zero-order valence-corrected chi connectivity index (χ0v) is 19.1. The Morgan fingerprint density at radius 2 is 1.82 bits per heavy atom. The van der Waals surface area contributed by atoms with E-state index in [0.717, 1.165) is 17.5 Å². The Balaban J connectivity index is 1.81. The summed E-state index contributed by atoms with van der Waals surface area (Å²) in [6.45, 7) is 5.76. The molecule has 10 heteroatoms. The molecule has 0 bridgehead atoms. The van der Waals surface area contributed by atoms with E-state index in [4.69, 9.17) is 0 Å². The SMILES string of the molecule is CCCCNC(=O)c1c(C)c2c(=O)n(CC(=O)Nc3ccc(C(=O)OC)cc3)ncn2c1C. The first-order chi connectivity index (χ1) is 15.8. The Labute approximate surface area is 190 Å². The number of aryl methyl sites for hydroxylation is 2. The van der Waals surface area contributed by atoms with E-state index >= 15 is 0 Å². The molecule has 174 valence electrons. The number of carbonyl (C=O) groups is 3. The molecule has 0 atom stereocenters. The van der Waals surface area contributed by atoms with Gasteiger partial charge in [-0.3, -0.25) is 18.8 Å². The second kappa shape index (κ2) is 10.1. The fourth-order valence-corrected chi connectivity index (χ4v) is 3.61. The zero-order valence-electron chi connectivity index (χ0n) is 19.1. The van der Waals surface area contributed by atoms with Gasteiger partial charge in [0, 0.05) is 17.9 Å². The number of amides is 2. The number of rotatable bonds is 8. The minimum atomic E-state index is -0.479. The number of methoxy groups -OCH3 is 1. The van der Waals surface area contributed by atoms with Crippen LogP contribution in [0.3, 0.4) is 0 Å². The lowest BCUT2D eigenvalue weighted by Crippen LogP contribution is -2.30. The minimum absolute atomic E-state index is 0.235. The monoisotopic (exact) mass is 453 g/mol. The number of carbonyl (C=O) groups excluding carboxylic acids is 3. The molecular formula is C23H27N5O5. The smallest absolute Gasteiger partial charge is 0.337 e. The van der Waals surface area contributed by atoms with Crippen molar-refractivity contribution in [3.63, 3.8) is 0 Å². The van der Waals surface area contributed by atoms with Crippen LogP contribution in [-0.2, 0) is 16.1 Å². The molecular weight excluding hydrogens is 426 g/mol. The Morgan fingerprint density at radius 3 is 2.45 bits per heavy atom. The molecule has 0 radical (unpaired) electrons. The Hall–Kier alpha value is -3.95. The number of benzene rings is 1. The molecule has 0 aliphatic heterocycles. The van der Waals surface area contributed by atoms with Crippen molar-refractivity contribution in [1.29, 1.82) is 0 Å². The molecule has 2 N–H and O–H groups in total. The van der Waals surface area contributed by atoms with Crippen LogP contribution in [-0.4, -0.2) is 45.6 Å². The van der Waals surface area contributed by atoms with Crippen LogP contribution in [0.2, 0.25) is 0 Å². The van der Waals surface area contributed by atoms with Gasteiger partial charge in [0.1, 0.15) is 18.4 Å². The summed E-state index contributed by atoms with van der Waals surface area (Å²) in [5.74, 6) is -1.17. The van der Waals surface area contributed by atoms with Crippen LogP contribution in [0, 0.1) is 13.8 Å². The molecule has 3 aromatic rings. The van der Waals surface area contributed by atoms with Crippen LogP contribution in [0.5, 0.6) is 0 Å². The summed E-state index contributed by atoms with van der Waals surface area (Å²) in [5, 5.41) is 9.64. The van der Waals surface area contributed by atoms with Crippen molar-refractivity contribution in [3.8, 4) is 0 Å². The molecule has 33 heavy (non-hydrogen) atoms. The number of unbranched alkanes of at least 4 members (excludes halogenated alkanes) is 1. The minimum Gasteiger partial charge on any atom is -0.465 e. The largest absolute Gasteiger partial charge is 0.465 e. The highest BCUT2D eigenvalue weighted by molar-refractivity contribution is 5.99. The lowest BCUT2D eigenvalue weighted by Gasteiger charge is -2.08. The number of hydrogen-bond acceptors (Lipinski definition) is 6. The van der Waals surface area contributed by atoms with Crippen LogP contribution in [0.15, 0.2) is 35.4 Å². The molecule has 0 fully saturated rings. The molecule has 0 saturated heterocycles. The van der Waals surface area contributed by atoms with E-state index in [0.29, 0.717) is 40.1 Å². The van der Waals surface area contributed by atoms with Crippen LogP contribution < -0.4 is 16.2 Å². The predicted octanol–water partition coefficient (Wildman–Crippen LogP) is 2.07. The molecule has 0 aliphatic carbocycles. The van der Waals surface area contributed by atoms with E-state index in [1.807, 2.05) is 6.92 Å². The zero-order chi connectivity index (χ0) is 24.1. The van der Waals surface area contributed by atoms with Gasteiger partial charge in [0.05, 0.1) is 18.2 Å². The van der Waals surface area contributed by atoms with Crippen LogP contribution >= 0.6 is 0 Å². The van der Waals surface area contributed by atoms with Crippen molar-refractivity contribution < 1.29 is 19.1 Å². The molecule has 3 rings (SSSR count). The van der Waals surface area contributed by atoms with Gasteiger partial charge in [-0.2, -0.15) is 5.10 Å². The standard InChI is InChI=1S/C23H27N5O5/c1-5-6-11-24-21(30)19-14(2)20-22(31)28(25-13-27(20)15(19)3)12-18(29)26-17-9-7-16(8-10-17)23(32)33-4/h7-10,13H,5-6,11-12H2,1-4H3,(H,24,30)(H,26,29). The quantitative estimate of drug-likeness (QED) is 0.398. The second-order valence-corrected chi connectivity index (χ2v) is 7.62. The molecule has 0 saturated carbocycles. The molecule has 2 aromatic heterocycles. The first kappa shape index (κ1) is 23.7. The number of aromatic nitrogens is 3. The van der Waals surface area contributed by atoms with Crippen LogP contribution in [0.1, 0.15) is 51.7 Å². The number of nitrogens with one attached hydrogen (secondary N) is 2. The summed E-state index contributed by atoms with van der Waals surface area (Å²) in [4.78, 5) is 49.7. The number of ether oxygens (including phenoxy) is 1. The lowest BCUT2D eigenvalue weighted by molar-refractivity contribution is -0.117. The van der Waals surface area contributed by atoms with Crippen molar-refractivity contribution in [1.82, 2.24) is 19.5 Å². The molecule has 1 aromatic carbocycles. The van der Waals surface area contributed by atoms with Gasteiger partial charge in [0.25, 0.3) is 11.5 Å². The third-order valence-electron chi connectivity index (χ3n) is 5.36. The van der Waals surface area contributed by atoms with Gasteiger partial charge in [0.2, 0.25) is 5.91 Å². The van der Waals surface area contributed by atoms with E-state index in [1.54, 1.807) is 30.4 Å². The van der Waals surface area contributed by atoms with Gasteiger partial charge in [-0.25, -0.2) is 9.48 Å². The van der Waals surface area contributed by atoms with Gasteiger partial charge in [0.15, 0.2) is 0 Å². The van der Waals surface area contributed by atoms with Gasteiger partial charge < -0.3 is 15.4 Å². The van der Waals surface area contributed by atoms with E-state index in [9.17, 15) is 19.2 Å². The van der Waals surface area contributed by atoms with E-state index in [-0.39, 0.29) is 12.5 Å². The Kier molecular flexibility index (Phi) is 7.27. The summed E-state index contributed by atoms with van der Waals surface area (Å²) < 4.78 is 7.27. The number of esters is 1. The molecule has 2 amide bonds. The molecule has 0 unspecified atom stereocenters. The number of nitrogens with zero attached hydrogens (tertiary/aromatic N) is 3. The fraction of sp³-hybridized carbons (Fsp3) is 0.348. The molecule has 10 nitrogen and oxygen atoms in total. The van der Waals surface area contributed by atoms with Crippen molar-refractivity contribution in [2.75, 3.05) is 19.0 Å². The summed E-state index contributed by atoms with van der Waals surface area (Å²) in [7, 11) is 1.29. The molecule has 0 spiro atoms. The van der Waals surface area contributed by atoms with Crippen LogP contribution in [0.25, 0.3) is 5.52 Å². The Bertz CT molecular complexity index is 1260.